The Morgan fingerprint density at radius 3 is 2.42 bits per heavy atom. The highest BCUT2D eigenvalue weighted by molar-refractivity contribution is 7.10. The van der Waals surface area contributed by atoms with Crippen molar-refractivity contribution in [3.63, 3.8) is 0 Å². The number of para-hydroxylation sites is 3. The van der Waals surface area contributed by atoms with E-state index in [1.54, 1.807) is 12.1 Å². The van der Waals surface area contributed by atoms with Gasteiger partial charge in [-0.15, -0.1) is 11.3 Å². The molecule has 1 aromatic heterocycles. The second kappa shape index (κ2) is 8.82. The topological polar surface area (TPSA) is 67.4 Å². The van der Waals surface area contributed by atoms with Crippen molar-refractivity contribution in [1.82, 2.24) is 5.32 Å². The maximum Gasteiger partial charge on any atom is 0.243 e. The Hall–Kier alpha value is -3.12. The number of amides is 2. The number of nitrogens with one attached hydrogen (secondary N) is 2. The maximum absolute atomic E-state index is 12.1. The lowest BCUT2D eigenvalue weighted by molar-refractivity contribution is -0.123. The molecule has 0 spiro atoms. The smallest absolute Gasteiger partial charge is 0.243 e. The van der Waals surface area contributed by atoms with Gasteiger partial charge in [-0.2, -0.15) is 0 Å². The zero-order chi connectivity index (χ0) is 18.2. The third-order valence-electron chi connectivity index (χ3n) is 3.49. The van der Waals surface area contributed by atoms with Crippen LogP contribution in [-0.4, -0.2) is 18.4 Å². The van der Waals surface area contributed by atoms with Gasteiger partial charge in [0.2, 0.25) is 11.8 Å². The molecule has 0 atom stereocenters. The third-order valence-corrected chi connectivity index (χ3v) is 4.37. The number of thiophene rings is 1. The zero-order valence-corrected chi connectivity index (χ0v) is 14.8. The van der Waals surface area contributed by atoms with Gasteiger partial charge < -0.3 is 15.4 Å². The third kappa shape index (κ3) is 5.19. The minimum absolute atomic E-state index is 0.0934. The van der Waals surface area contributed by atoms with E-state index in [9.17, 15) is 9.59 Å². The van der Waals surface area contributed by atoms with Crippen LogP contribution in [0.4, 0.5) is 5.69 Å². The highest BCUT2D eigenvalue weighted by atomic mass is 32.1. The maximum atomic E-state index is 12.1. The summed E-state index contributed by atoms with van der Waals surface area (Å²) in [6.45, 7) is -0.0934. The lowest BCUT2D eigenvalue weighted by Crippen LogP contribution is -2.33. The van der Waals surface area contributed by atoms with E-state index in [2.05, 4.69) is 10.6 Å². The molecule has 1 heterocycles. The summed E-state index contributed by atoms with van der Waals surface area (Å²) in [5, 5.41) is 7.31. The van der Waals surface area contributed by atoms with Crippen LogP contribution in [0.15, 0.2) is 72.1 Å². The fourth-order valence-corrected chi connectivity index (χ4v) is 2.99. The summed E-state index contributed by atoms with van der Waals surface area (Å²) in [6, 6.07) is 20.3. The summed E-state index contributed by atoms with van der Waals surface area (Å²) in [5.74, 6) is 0.723. The van der Waals surface area contributed by atoms with Gasteiger partial charge in [-0.25, -0.2) is 0 Å². The van der Waals surface area contributed by atoms with Crippen LogP contribution < -0.4 is 15.4 Å². The van der Waals surface area contributed by atoms with Gasteiger partial charge in [0.1, 0.15) is 5.75 Å². The summed E-state index contributed by atoms with van der Waals surface area (Å²) < 4.78 is 5.81. The van der Waals surface area contributed by atoms with Crippen molar-refractivity contribution in [3.8, 4) is 11.5 Å². The van der Waals surface area contributed by atoms with Gasteiger partial charge in [-0.1, -0.05) is 36.4 Å². The molecule has 0 unspecified atom stereocenters. The molecule has 132 valence electrons. The van der Waals surface area contributed by atoms with Crippen molar-refractivity contribution in [2.24, 2.45) is 0 Å². The summed E-state index contributed by atoms with van der Waals surface area (Å²) in [5.41, 5.74) is 0.550. The number of carbonyl (C=O) groups excluding carboxylic acids is 2. The van der Waals surface area contributed by atoms with Crippen molar-refractivity contribution in [2.45, 2.75) is 6.42 Å². The van der Waals surface area contributed by atoms with E-state index in [-0.39, 0.29) is 24.8 Å². The number of ether oxygens (including phenoxy) is 1. The predicted octanol–water partition coefficient (Wildman–Crippen LogP) is 3.84. The van der Waals surface area contributed by atoms with Crippen LogP contribution in [-0.2, 0) is 16.0 Å². The van der Waals surface area contributed by atoms with E-state index in [0.29, 0.717) is 17.2 Å². The molecule has 0 saturated carbocycles. The molecule has 0 fully saturated rings. The Morgan fingerprint density at radius 1 is 0.885 bits per heavy atom. The monoisotopic (exact) mass is 366 g/mol. The highest BCUT2D eigenvalue weighted by Gasteiger charge is 2.10. The Labute approximate surface area is 155 Å². The van der Waals surface area contributed by atoms with Gasteiger partial charge >= 0.3 is 0 Å². The molecule has 0 aliphatic heterocycles. The van der Waals surface area contributed by atoms with Gasteiger partial charge in [-0.05, 0) is 35.7 Å². The number of rotatable bonds is 7. The second-order valence-electron chi connectivity index (χ2n) is 5.49. The van der Waals surface area contributed by atoms with E-state index in [1.807, 2.05) is 60.0 Å². The average molecular weight is 366 g/mol. The van der Waals surface area contributed by atoms with Crippen LogP contribution in [0.2, 0.25) is 0 Å². The van der Waals surface area contributed by atoms with Crippen molar-refractivity contribution >= 4 is 28.8 Å². The van der Waals surface area contributed by atoms with Crippen LogP contribution >= 0.6 is 11.3 Å². The van der Waals surface area contributed by atoms with Crippen LogP contribution in [0.25, 0.3) is 0 Å². The predicted molar refractivity (Wildman–Crippen MR) is 103 cm³/mol. The Balaban J connectivity index is 1.55. The molecule has 3 rings (SSSR count). The number of benzene rings is 2. The lowest BCUT2D eigenvalue weighted by atomic mass is 10.2. The molecule has 5 nitrogen and oxygen atoms in total. The van der Waals surface area contributed by atoms with Gasteiger partial charge in [0.05, 0.1) is 18.7 Å². The van der Waals surface area contributed by atoms with Gasteiger partial charge in [0.25, 0.3) is 0 Å². The fraction of sp³-hybridized carbons (Fsp3) is 0.100. The molecule has 2 amide bonds. The normalized spacial score (nSPS) is 10.2. The van der Waals surface area contributed by atoms with Crippen LogP contribution in [0.5, 0.6) is 11.5 Å². The summed E-state index contributed by atoms with van der Waals surface area (Å²) in [4.78, 5) is 25.0. The van der Waals surface area contributed by atoms with Gasteiger partial charge in [0.15, 0.2) is 5.75 Å². The van der Waals surface area contributed by atoms with E-state index < -0.39 is 0 Å². The lowest BCUT2D eigenvalue weighted by Gasteiger charge is -2.12. The van der Waals surface area contributed by atoms with E-state index in [1.165, 1.54) is 11.3 Å². The highest BCUT2D eigenvalue weighted by Crippen LogP contribution is 2.28. The standard InChI is InChI=1S/C20H18N2O3S/c23-19(13-16-9-6-12-26-16)21-14-20(24)22-17-10-4-5-11-18(17)25-15-7-2-1-3-8-15/h1-12H,13-14H2,(H,21,23)(H,22,24). The SMILES string of the molecule is O=C(Cc1cccs1)NCC(=O)Nc1ccccc1Oc1ccccc1. The number of hydrogen-bond acceptors (Lipinski definition) is 4. The molecule has 0 aliphatic rings. The Morgan fingerprint density at radius 2 is 1.65 bits per heavy atom. The van der Waals surface area contributed by atoms with Crippen molar-refractivity contribution in [3.05, 3.63) is 77.0 Å². The van der Waals surface area contributed by atoms with E-state index >= 15 is 0 Å². The minimum atomic E-state index is -0.311. The molecule has 0 radical (unpaired) electrons. The first-order valence-corrected chi connectivity index (χ1v) is 8.99. The summed E-state index contributed by atoms with van der Waals surface area (Å²) in [7, 11) is 0. The fourth-order valence-electron chi connectivity index (χ4n) is 2.28. The van der Waals surface area contributed by atoms with Crippen LogP contribution in [0.1, 0.15) is 4.88 Å². The summed E-state index contributed by atoms with van der Waals surface area (Å²) in [6.07, 6.45) is 0.276. The van der Waals surface area contributed by atoms with Crippen LogP contribution in [0, 0.1) is 0 Å². The first kappa shape index (κ1) is 17.7. The van der Waals surface area contributed by atoms with Crippen molar-refractivity contribution in [1.29, 1.82) is 0 Å². The molecule has 6 heteroatoms. The largest absolute Gasteiger partial charge is 0.455 e. The first-order chi connectivity index (χ1) is 12.7. The van der Waals surface area contributed by atoms with E-state index in [4.69, 9.17) is 4.74 Å². The molecule has 26 heavy (non-hydrogen) atoms. The number of hydrogen-bond donors (Lipinski definition) is 2. The van der Waals surface area contributed by atoms with E-state index in [0.717, 1.165) is 4.88 Å². The summed E-state index contributed by atoms with van der Waals surface area (Å²) >= 11 is 1.51. The minimum Gasteiger partial charge on any atom is -0.455 e. The Kier molecular flexibility index (Phi) is 6.01. The molecule has 2 N–H and O–H groups in total. The quantitative estimate of drug-likeness (QED) is 0.668. The second-order valence-corrected chi connectivity index (χ2v) is 6.52. The molecule has 0 aliphatic carbocycles. The van der Waals surface area contributed by atoms with Crippen molar-refractivity contribution in [2.75, 3.05) is 11.9 Å². The molecular weight excluding hydrogens is 348 g/mol. The first-order valence-electron chi connectivity index (χ1n) is 8.11. The van der Waals surface area contributed by atoms with Crippen molar-refractivity contribution < 1.29 is 14.3 Å². The molecule has 0 saturated heterocycles. The van der Waals surface area contributed by atoms with Gasteiger partial charge in [0, 0.05) is 4.88 Å². The Bertz CT molecular complexity index is 864. The molecule has 2 aromatic carbocycles. The number of anilines is 1. The average Bonchev–Trinajstić information content (AvgIpc) is 3.15. The number of carbonyl (C=O) groups is 2. The molecule has 3 aromatic rings. The zero-order valence-electron chi connectivity index (χ0n) is 14.0. The van der Waals surface area contributed by atoms with Crippen LogP contribution in [0.3, 0.4) is 0 Å². The molecule has 0 bridgehead atoms. The van der Waals surface area contributed by atoms with Gasteiger partial charge in [-0.3, -0.25) is 9.59 Å². The molecular formula is C20H18N2O3S.